The monoisotopic (exact) mass is 329 g/mol. The van der Waals surface area contributed by atoms with E-state index in [4.69, 9.17) is 10.1 Å². The van der Waals surface area contributed by atoms with Gasteiger partial charge in [-0.2, -0.15) is 0 Å². The molecule has 0 saturated heterocycles. The summed E-state index contributed by atoms with van der Waals surface area (Å²) < 4.78 is 5.62. The molecule has 0 aromatic rings. The van der Waals surface area contributed by atoms with Crippen LogP contribution >= 0.6 is 0 Å². The van der Waals surface area contributed by atoms with Gasteiger partial charge in [-0.05, 0) is 64.2 Å². The quantitative estimate of drug-likeness (QED) is 0.253. The second-order valence-electron chi connectivity index (χ2n) is 6.29. The molecule has 0 rings (SSSR count). The molecule has 1 N–H and O–H groups in total. The van der Waals surface area contributed by atoms with Gasteiger partial charge in [-0.3, -0.25) is 0 Å². The van der Waals surface area contributed by atoms with Gasteiger partial charge in [0.15, 0.2) is 0 Å². The molecule has 1 unspecified atom stereocenters. The lowest BCUT2D eigenvalue weighted by Gasteiger charge is -2.20. The van der Waals surface area contributed by atoms with Gasteiger partial charge in [0, 0.05) is 0 Å². The number of allylic oxidation sites excluding steroid dienone is 8. The number of rotatable bonds is 11. The predicted octanol–water partition coefficient (Wildman–Crippen LogP) is 6.78. The van der Waals surface area contributed by atoms with E-state index < -0.39 is 0 Å². The Balaban J connectivity index is 5.32. The Bertz CT molecular complexity index is 528. The van der Waals surface area contributed by atoms with Gasteiger partial charge in [0.1, 0.15) is 5.76 Å². The van der Waals surface area contributed by atoms with E-state index in [-0.39, 0.29) is 0 Å². The maximum Gasteiger partial charge on any atom is 0.115 e. The highest BCUT2D eigenvalue weighted by molar-refractivity contribution is 6.02. The van der Waals surface area contributed by atoms with Gasteiger partial charge in [0.25, 0.3) is 0 Å². The number of hydrogen-bond acceptors (Lipinski definition) is 2. The van der Waals surface area contributed by atoms with Crippen LogP contribution in [-0.2, 0) is 4.74 Å². The van der Waals surface area contributed by atoms with Gasteiger partial charge in [-0.25, -0.2) is 0 Å². The van der Waals surface area contributed by atoms with Crippen molar-refractivity contribution in [2.24, 2.45) is 5.92 Å². The molecule has 2 heteroatoms. The molecule has 0 fully saturated rings. The Morgan fingerprint density at radius 2 is 1.75 bits per heavy atom. The molecule has 2 nitrogen and oxygen atoms in total. The third kappa shape index (κ3) is 9.34. The molecule has 134 valence electrons. The Hall–Kier alpha value is -1.83. The van der Waals surface area contributed by atoms with Crippen LogP contribution in [0.1, 0.15) is 60.8 Å². The molecule has 24 heavy (non-hydrogen) atoms. The fourth-order valence-electron chi connectivity index (χ4n) is 2.40. The van der Waals surface area contributed by atoms with Gasteiger partial charge < -0.3 is 10.1 Å². The summed E-state index contributed by atoms with van der Waals surface area (Å²) >= 11 is 0. The van der Waals surface area contributed by atoms with Crippen molar-refractivity contribution in [3.63, 3.8) is 0 Å². The molecule has 1 atom stereocenters. The molecular weight excluding hydrogens is 294 g/mol. The van der Waals surface area contributed by atoms with E-state index in [0.717, 1.165) is 30.4 Å². The lowest BCUT2D eigenvalue weighted by molar-refractivity contribution is 0.231. The van der Waals surface area contributed by atoms with Crippen LogP contribution in [0.25, 0.3) is 0 Å². The number of hydrogen-bond donors (Lipinski definition) is 1. The highest BCUT2D eigenvalue weighted by Gasteiger charge is 2.15. The minimum Gasteiger partial charge on any atom is -0.494 e. The van der Waals surface area contributed by atoms with Crippen molar-refractivity contribution in [3.05, 3.63) is 59.4 Å². The van der Waals surface area contributed by atoms with E-state index in [2.05, 4.69) is 46.4 Å². The topological polar surface area (TPSA) is 33.1 Å². The largest absolute Gasteiger partial charge is 0.494 e. The molecular formula is C22H35NO. The fraction of sp³-hybridized carbons (Fsp3) is 0.500. The Kier molecular flexibility index (Phi) is 11.6. The molecule has 0 radical (unpaired) electrons. The molecule has 0 aromatic heterocycles. The summed E-state index contributed by atoms with van der Waals surface area (Å²) in [6.45, 7) is 17.2. The molecule has 0 amide bonds. The maximum atomic E-state index is 8.25. The van der Waals surface area contributed by atoms with Crippen molar-refractivity contribution in [3.8, 4) is 0 Å². The van der Waals surface area contributed by atoms with Crippen molar-refractivity contribution >= 4 is 5.71 Å². The fourth-order valence-corrected chi connectivity index (χ4v) is 2.40. The molecule has 0 heterocycles. The summed E-state index contributed by atoms with van der Waals surface area (Å²) in [5, 5.41) is 8.25. The normalized spacial score (nSPS) is 13.8. The SMILES string of the molecule is C=C(OCC)/C(=C\C(=N)/C=C/C(C)=C\C=C(C)C)C(CC)CCC. The van der Waals surface area contributed by atoms with E-state index in [9.17, 15) is 0 Å². The minimum atomic E-state index is 0.394. The smallest absolute Gasteiger partial charge is 0.115 e. The second-order valence-corrected chi connectivity index (χ2v) is 6.29. The zero-order chi connectivity index (χ0) is 18.5. The summed E-state index contributed by atoms with van der Waals surface area (Å²) in [4.78, 5) is 0. The zero-order valence-electron chi connectivity index (χ0n) is 16.4. The van der Waals surface area contributed by atoms with Gasteiger partial charge in [-0.15, -0.1) is 0 Å². The van der Waals surface area contributed by atoms with Crippen molar-refractivity contribution in [1.29, 1.82) is 5.41 Å². The Morgan fingerprint density at radius 1 is 1.08 bits per heavy atom. The summed E-state index contributed by atoms with van der Waals surface area (Å²) in [5.41, 5.74) is 3.92. The van der Waals surface area contributed by atoms with Crippen molar-refractivity contribution in [1.82, 2.24) is 0 Å². The van der Waals surface area contributed by atoms with Crippen molar-refractivity contribution in [2.75, 3.05) is 6.61 Å². The van der Waals surface area contributed by atoms with Crippen LogP contribution in [0.15, 0.2) is 59.4 Å². The highest BCUT2D eigenvalue weighted by atomic mass is 16.5. The van der Waals surface area contributed by atoms with Gasteiger partial charge in [0.05, 0.1) is 12.3 Å². The van der Waals surface area contributed by atoms with Crippen LogP contribution < -0.4 is 0 Å². The zero-order valence-corrected chi connectivity index (χ0v) is 16.4. The second kappa shape index (κ2) is 12.6. The summed E-state index contributed by atoms with van der Waals surface area (Å²) in [6, 6.07) is 0. The first-order valence-electron chi connectivity index (χ1n) is 8.97. The third-order valence-electron chi connectivity index (χ3n) is 3.73. The van der Waals surface area contributed by atoms with E-state index >= 15 is 0 Å². The van der Waals surface area contributed by atoms with Crippen LogP contribution in [0.4, 0.5) is 0 Å². The first kappa shape index (κ1) is 22.2. The molecule has 0 aliphatic rings. The standard InChI is InChI=1S/C22H35NO/c1-8-11-20(9-2)22(19(7)24-10-3)16-21(23)15-14-18(6)13-12-17(4)5/h12-16,20,23H,7-11H2,1-6H3/b15-14+,18-13-,22-16+,23-21?. The molecule has 0 aliphatic heterocycles. The highest BCUT2D eigenvalue weighted by Crippen LogP contribution is 2.27. The number of ether oxygens (including phenoxy) is 1. The Labute approximate surface area is 149 Å². The van der Waals surface area contributed by atoms with E-state index in [1.165, 1.54) is 5.57 Å². The van der Waals surface area contributed by atoms with Crippen molar-refractivity contribution in [2.45, 2.75) is 60.8 Å². The minimum absolute atomic E-state index is 0.394. The van der Waals surface area contributed by atoms with Crippen molar-refractivity contribution < 1.29 is 4.74 Å². The third-order valence-corrected chi connectivity index (χ3v) is 3.73. The molecule has 0 aliphatic carbocycles. The van der Waals surface area contributed by atoms with Gasteiger partial charge in [-0.1, -0.05) is 56.2 Å². The van der Waals surface area contributed by atoms with E-state index in [0.29, 0.717) is 24.0 Å². The van der Waals surface area contributed by atoms with Crippen LogP contribution in [-0.4, -0.2) is 12.3 Å². The first-order valence-corrected chi connectivity index (χ1v) is 8.97. The van der Waals surface area contributed by atoms with Crippen LogP contribution in [0, 0.1) is 11.3 Å². The molecule has 0 aromatic carbocycles. The molecule has 0 spiro atoms. The summed E-state index contributed by atoms with van der Waals surface area (Å²) in [7, 11) is 0. The lowest BCUT2D eigenvalue weighted by atomic mass is 9.89. The summed E-state index contributed by atoms with van der Waals surface area (Å²) in [5.74, 6) is 1.10. The molecule has 0 bridgehead atoms. The van der Waals surface area contributed by atoms with Crippen LogP contribution in [0.3, 0.4) is 0 Å². The van der Waals surface area contributed by atoms with E-state index in [1.807, 2.05) is 32.1 Å². The average molecular weight is 330 g/mol. The van der Waals surface area contributed by atoms with E-state index in [1.54, 1.807) is 0 Å². The van der Waals surface area contributed by atoms with Gasteiger partial charge in [0.2, 0.25) is 0 Å². The number of nitrogens with one attached hydrogen (secondary N) is 1. The van der Waals surface area contributed by atoms with Gasteiger partial charge >= 0.3 is 0 Å². The summed E-state index contributed by atoms with van der Waals surface area (Å²) in [6.07, 6.45) is 13.1. The molecule has 0 saturated carbocycles. The predicted molar refractivity (Wildman–Crippen MR) is 108 cm³/mol. The first-order chi connectivity index (χ1) is 11.3. The Morgan fingerprint density at radius 3 is 2.25 bits per heavy atom. The lowest BCUT2D eigenvalue weighted by Crippen LogP contribution is -2.09. The maximum absolute atomic E-state index is 8.25. The van der Waals surface area contributed by atoms with Crippen LogP contribution in [0.5, 0.6) is 0 Å². The average Bonchev–Trinajstić information content (AvgIpc) is 2.54. The van der Waals surface area contributed by atoms with Crippen LogP contribution in [0.2, 0.25) is 0 Å².